The van der Waals surface area contributed by atoms with E-state index in [9.17, 15) is 4.79 Å². The van der Waals surface area contributed by atoms with Crippen LogP contribution in [0.2, 0.25) is 0 Å². The number of fused-ring (bicyclic) bond motifs is 1. The van der Waals surface area contributed by atoms with Crippen LogP contribution in [0, 0.1) is 0 Å². The Morgan fingerprint density at radius 1 is 0.875 bits per heavy atom. The Labute approximate surface area is 185 Å². The largest absolute Gasteiger partial charge is 0.493 e. The van der Waals surface area contributed by atoms with E-state index in [1.807, 2.05) is 72.8 Å². The zero-order chi connectivity index (χ0) is 22.1. The number of imidazole rings is 1. The van der Waals surface area contributed by atoms with Gasteiger partial charge < -0.3 is 25.1 Å². The third-order valence-corrected chi connectivity index (χ3v) is 5.52. The number of aromatic nitrogens is 2. The first-order valence-electron chi connectivity index (χ1n) is 10.2. The molecule has 2 heterocycles. The van der Waals surface area contributed by atoms with Gasteiger partial charge in [-0.15, -0.1) is 0 Å². The monoisotopic (exact) mass is 426 g/mol. The highest BCUT2D eigenvalue weighted by atomic mass is 16.5. The molecule has 0 spiro atoms. The zero-order valence-electron chi connectivity index (χ0n) is 17.7. The van der Waals surface area contributed by atoms with Crippen molar-refractivity contribution in [1.82, 2.24) is 20.6 Å². The number of carbonyl (C=O) groups excluding carboxylic acids is 1. The van der Waals surface area contributed by atoms with Gasteiger partial charge in [0.2, 0.25) is 0 Å². The lowest BCUT2D eigenvalue weighted by Gasteiger charge is -2.31. The maximum absolute atomic E-state index is 12.8. The summed E-state index contributed by atoms with van der Waals surface area (Å²) in [4.78, 5) is 21.0. The van der Waals surface area contributed by atoms with Gasteiger partial charge in [0.25, 0.3) is 0 Å². The van der Waals surface area contributed by atoms with Crippen LogP contribution in [0.4, 0.5) is 4.79 Å². The number of benzene rings is 3. The van der Waals surface area contributed by atoms with Gasteiger partial charge in [-0.3, -0.25) is 0 Å². The molecule has 1 aromatic heterocycles. The molecule has 32 heavy (non-hydrogen) atoms. The van der Waals surface area contributed by atoms with Crippen molar-refractivity contribution in [2.24, 2.45) is 0 Å². The third kappa shape index (κ3) is 3.33. The van der Waals surface area contributed by atoms with Crippen molar-refractivity contribution < 1.29 is 14.3 Å². The smallest absolute Gasteiger partial charge is 0.320 e. The van der Waals surface area contributed by atoms with E-state index in [-0.39, 0.29) is 6.03 Å². The summed E-state index contributed by atoms with van der Waals surface area (Å²) in [5, 5.41) is 6.04. The number of nitrogens with one attached hydrogen (secondary N) is 3. The second kappa shape index (κ2) is 8.11. The third-order valence-electron chi connectivity index (χ3n) is 5.52. The van der Waals surface area contributed by atoms with Gasteiger partial charge in [-0.05, 0) is 23.8 Å². The number of H-pyrrole nitrogens is 1. The highest BCUT2D eigenvalue weighted by molar-refractivity contribution is 6.03. The zero-order valence-corrected chi connectivity index (χ0v) is 17.7. The predicted octanol–water partition coefficient (Wildman–Crippen LogP) is 4.50. The number of aromatic amines is 1. The molecule has 7 nitrogen and oxygen atoms in total. The Balaban J connectivity index is 1.80. The minimum atomic E-state index is -0.524. The van der Waals surface area contributed by atoms with Crippen LogP contribution in [0.1, 0.15) is 23.0 Å². The van der Waals surface area contributed by atoms with E-state index in [1.165, 1.54) is 0 Å². The van der Waals surface area contributed by atoms with Crippen LogP contribution in [0.3, 0.4) is 0 Å². The number of para-hydroxylation sites is 3. The molecule has 1 aliphatic heterocycles. The summed E-state index contributed by atoms with van der Waals surface area (Å²) < 4.78 is 11.2. The molecule has 4 aromatic rings. The Kier molecular flexibility index (Phi) is 4.99. The summed E-state index contributed by atoms with van der Waals surface area (Å²) in [6.45, 7) is 0. The van der Waals surface area contributed by atoms with E-state index in [1.54, 1.807) is 14.2 Å². The number of ether oxygens (including phenoxy) is 2. The minimum absolute atomic E-state index is 0.307. The lowest BCUT2D eigenvalue weighted by atomic mass is 9.91. The Bertz CT molecular complexity index is 1290. The molecule has 3 N–H and O–H groups in total. The van der Waals surface area contributed by atoms with Crippen LogP contribution in [0.5, 0.6) is 11.5 Å². The number of hydrogen-bond acceptors (Lipinski definition) is 4. The lowest BCUT2D eigenvalue weighted by Crippen LogP contribution is -2.43. The average molecular weight is 426 g/mol. The molecule has 0 radical (unpaired) electrons. The predicted molar refractivity (Wildman–Crippen MR) is 123 cm³/mol. The summed E-state index contributed by atoms with van der Waals surface area (Å²) in [6.07, 6.45) is 0. The lowest BCUT2D eigenvalue weighted by molar-refractivity contribution is 0.241. The number of rotatable bonds is 5. The molecule has 5 rings (SSSR count). The van der Waals surface area contributed by atoms with Crippen molar-refractivity contribution in [3.05, 3.63) is 89.7 Å². The topological polar surface area (TPSA) is 88.3 Å². The standard InChI is InChI=1S/C25H22N4O3/c1-31-19-14-8-11-16(23(19)32-2)22-20(24-26-17-12-6-7-13-18(17)27-24)21(28-25(30)29-22)15-9-4-3-5-10-15/h3-14,22H,1-2H3,(H,26,27)(H2,28,29,30). The maximum Gasteiger partial charge on any atom is 0.320 e. The normalized spacial score (nSPS) is 15.9. The van der Waals surface area contributed by atoms with Gasteiger partial charge in [-0.1, -0.05) is 54.6 Å². The molecule has 2 amide bonds. The number of methoxy groups -OCH3 is 2. The Morgan fingerprint density at radius 2 is 1.66 bits per heavy atom. The fourth-order valence-electron chi connectivity index (χ4n) is 4.11. The first-order chi connectivity index (χ1) is 15.7. The van der Waals surface area contributed by atoms with Crippen LogP contribution in [0.25, 0.3) is 22.3 Å². The van der Waals surface area contributed by atoms with Crippen LogP contribution in [-0.2, 0) is 0 Å². The molecule has 7 heteroatoms. The average Bonchev–Trinajstić information content (AvgIpc) is 3.27. The summed E-state index contributed by atoms with van der Waals surface area (Å²) in [7, 11) is 3.18. The summed E-state index contributed by atoms with van der Waals surface area (Å²) in [5.41, 5.74) is 4.89. The van der Waals surface area contributed by atoms with Crippen LogP contribution < -0.4 is 20.1 Å². The fraction of sp³-hybridized carbons (Fsp3) is 0.120. The van der Waals surface area contributed by atoms with Crippen molar-refractivity contribution >= 4 is 28.3 Å². The molecule has 0 bridgehead atoms. The molecule has 0 saturated heterocycles. The van der Waals surface area contributed by atoms with Gasteiger partial charge in [-0.25, -0.2) is 9.78 Å². The van der Waals surface area contributed by atoms with Gasteiger partial charge in [0.05, 0.1) is 37.0 Å². The first kappa shape index (κ1) is 19.7. The second-order valence-corrected chi connectivity index (χ2v) is 7.37. The quantitative estimate of drug-likeness (QED) is 0.438. The minimum Gasteiger partial charge on any atom is -0.493 e. The molecule has 0 aliphatic carbocycles. The van der Waals surface area contributed by atoms with Crippen LogP contribution >= 0.6 is 0 Å². The highest BCUT2D eigenvalue weighted by Crippen LogP contribution is 2.43. The van der Waals surface area contributed by atoms with Gasteiger partial charge in [0.15, 0.2) is 11.5 Å². The van der Waals surface area contributed by atoms with Crippen molar-refractivity contribution in [3.8, 4) is 11.5 Å². The number of carbonyl (C=O) groups is 1. The van der Waals surface area contributed by atoms with E-state index in [4.69, 9.17) is 14.5 Å². The van der Waals surface area contributed by atoms with Gasteiger partial charge in [-0.2, -0.15) is 0 Å². The Morgan fingerprint density at radius 3 is 2.41 bits per heavy atom. The molecular formula is C25H22N4O3. The van der Waals surface area contributed by atoms with Crippen molar-refractivity contribution in [2.45, 2.75) is 6.04 Å². The number of hydrogen-bond donors (Lipinski definition) is 3. The molecule has 0 saturated carbocycles. The second-order valence-electron chi connectivity index (χ2n) is 7.37. The van der Waals surface area contributed by atoms with E-state index in [0.29, 0.717) is 23.0 Å². The molecule has 1 unspecified atom stereocenters. The molecule has 1 atom stereocenters. The van der Waals surface area contributed by atoms with E-state index in [0.717, 1.165) is 27.7 Å². The number of amides is 2. The molecule has 160 valence electrons. The van der Waals surface area contributed by atoms with Gasteiger partial charge in [0.1, 0.15) is 5.82 Å². The molecule has 0 fully saturated rings. The van der Waals surface area contributed by atoms with Crippen molar-refractivity contribution in [1.29, 1.82) is 0 Å². The van der Waals surface area contributed by atoms with Crippen molar-refractivity contribution in [2.75, 3.05) is 14.2 Å². The number of urea groups is 1. The van der Waals surface area contributed by atoms with E-state index in [2.05, 4.69) is 15.6 Å². The summed E-state index contributed by atoms with van der Waals surface area (Å²) >= 11 is 0. The van der Waals surface area contributed by atoms with Crippen molar-refractivity contribution in [3.63, 3.8) is 0 Å². The summed E-state index contributed by atoms with van der Waals surface area (Å²) in [6, 6.07) is 22.4. The van der Waals surface area contributed by atoms with E-state index < -0.39 is 6.04 Å². The number of nitrogens with zero attached hydrogens (tertiary/aromatic N) is 1. The fourth-order valence-corrected chi connectivity index (χ4v) is 4.11. The highest BCUT2D eigenvalue weighted by Gasteiger charge is 2.34. The van der Waals surface area contributed by atoms with Gasteiger partial charge in [0, 0.05) is 11.1 Å². The molecule has 3 aromatic carbocycles. The SMILES string of the molecule is COc1cccc(C2NC(=O)NC(c3ccccc3)=C2c2nc3ccccc3[nH]2)c1OC. The van der Waals surface area contributed by atoms with E-state index >= 15 is 0 Å². The van der Waals surface area contributed by atoms with Crippen LogP contribution in [-0.4, -0.2) is 30.2 Å². The maximum atomic E-state index is 12.8. The summed E-state index contributed by atoms with van der Waals surface area (Å²) in [5.74, 6) is 1.80. The first-order valence-corrected chi connectivity index (χ1v) is 10.2. The van der Waals surface area contributed by atoms with Gasteiger partial charge >= 0.3 is 6.03 Å². The van der Waals surface area contributed by atoms with Crippen LogP contribution in [0.15, 0.2) is 72.8 Å². The molecule has 1 aliphatic rings. The Hall–Kier alpha value is -4.26. The molecular weight excluding hydrogens is 404 g/mol.